The summed E-state index contributed by atoms with van der Waals surface area (Å²) in [6, 6.07) is 9.27. The van der Waals surface area contributed by atoms with Crippen LogP contribution in [0, 0.1) is 0 Å². The van der Waals surface area contributed by atoms with Crippen molar-refractivity contribution in [3.8, 4) is 0 Å². The first-order chi connectivity index (χ1) is 8.16. The highest BCUT2D eigenvalue weighted by Crippen LogP contribution is 2.21. The van der Waals surface area contributed by atoms with Crippen LogP contribution < -0.4 is 5.32 Å². The highest BCUT2D eigenvalue weighted by atomic mass is 79.9. The number of amides is 1. The molecule has 1 amide bonds. The summed E-state index contributed by atoms with van der Waals surface area (Å²) in [4.78, 5) is 11.8. The predicted octanol–water partition coefficient (Wildman–Crippen LogP) is 4.09. The standard InChI is InChI=1S/C12H9BrClNOS/c13-11-5-9(7-17-11)12(16)15-6-8-3-1-2-4-10(8)14/h1-5,7H,6H2,(H,15,16). The molecule has 0 fully saturated rings. The second-order valence-corrected chi connectivity index (χ2v) is 6.11. The largest absolute Gasteiger partial charge is 0.348 e. The third-order valence-corrected chi connectivity index (χ3v) is 4.10. The van der Waals surface area contributed by atoms with E-state index in [9.17, 15) is 4.79 Å². The van der Waals surface area contributed by atoms with Crippen LogP contribution >= 0.6 is 38.9 Å². The Morgan fingerprint density at radius 1 is 1.41 bits per heavy atom. The summed E-state index contributed by atoms with van der Waals surface area (Å²) >= 11 is 10.8. The summed E-state index contributed by atoms with van der Waals surface area (Å²) in [5, 5.41) is 5.31. The number of benzene rings is 1. The molecular weight excluding hydrogens is 322 g/mol. The van der Waals surface area contributed by atoms with Crippen LogP contribution in [0.2, 0.25) is 5.02 Å². The van der Waals surface area contributed by atoms with Crippen LogP contribution in [-0.2, 0) is 6.54 Å². The smallest absolute Gasteiger partial charge is 0.252 e. The van der Waals surface area contributed by atoms with Gasteiger partial charge in [-0.15, -0.1) is 11.3 Å². The topological polar surface area (TPSA) is 29.1 Å². The molecule has 0 spiro atoms. The highest BCUT2D eigenvalue weighted by Gasteiger charge is 2.08. The molecule has 5 heteroatoms. The number of carbonyl (C=O) groups excluding carboxylic acids is 1. The van der Waals surface area contributed by atoms with Crippen molar-refractivity contribution < 1.29 is 4.79 Å². The second-order valence-electron chi connectivity index (χ2n) is 3.41. The fraction of sp³-hybridized carbons (Fsp3) is 0.0833. The van der Waals surface area contributed by atoms with Gasteiger partial charge in [-0.1, -0.05) is 29.8 Å². The molecule has 0 aliphatic heterocycles. The molecule has 2 nitrogen and oxygen atoms in total. The van der Waals surface area contributed by atoms with Crippen molar-refractivity contribution >= 4 is 44.8 Å². The summed E-state index contributed by atoms with van der Waals surface area (Å²) in [7, 11) is 0. The van der Waals surface area contributed by atoms with Crippen LogP contribution in [0.15, 0.2) is 39.5 Å². The number of hydrogen-bond donors (Lipinski definition) is 1. The zero-order valence-corrected chi connectivity index (χ0v) is 11.9. The Hall–Kier alpha value is -0.840. The van der Waals surface area contributed by atoms with Crippen molar-refractivity contribution in [3.63, 3.8) is 0 Å². The van der Waals surface area contributed by atoms with E-state index >= 15 is 0 Å². The number of thiophene rings is 1. The number of halogens is 2. The maximum absolute atomic E-state index is 11.8. The number of nitrogens with one attached hydrogen (secondary N) is 1. The van der Waals surface area contributed by atoms with E-state index in [1.807, 2.05) is 29.6 Å². The molecule has 0 aliphatic carbocycles. The Morgan fingerprint density at radius 3 is 2.82 bits per heavy atom. The van der Waals surface area contributed by atoms with Crippen molar-refractivity contribution in [3.05, 3.63) is 55.6 Å². The molecule has 2 rings (SSSR count). The minimum atomic E-state index is -0.0909. The fourth-order valence-corrected chi connectivity index (χ4v) is 2.69. The molecule has 1 heterocycles. The van der Waals surface area contributed by atoms with Crippen molar-refractivity contribution in [2.75, 3.05) is 0 Å². The van der Waals surface area contributed by atoms with Crippen LogP contribution in [0.25, 0.3) is 0 Å². The van der Waals surface area contributed by atoms with Crippen molar-refractivity contribution in [2.24, 2.45) is 0 Å². The monoisotopic (exact) mass is 329 g/mol. The molecule has 88 valence electrons. The Morgan fingerprint density at radius 2 is 2.18 bits per heavy atom. The number of hydrogen-bond acceptors (Lipinski definition) is 2. The van der Waals surface area contributed by atoms with E-state index in [1.54, 1.807) is 6.07 Å². The van der Waals surface area contributed by atoms with Gasteiger partial charge in [0.05, 0.1) is 9.35 Å². The van der Waals surface area contributed by atoms with E-state index < -0.39 is 0 Å². The van der Waals surface area contributed by atoms with E-state index in [-0.39, 0.29) is 5.91 Å². The molecule has 0 aliphatic rings. The van der Waals surface area contributed by atoms with Gasteiger partial charge in [-0.2, -0.15) is 0 Å². The molecule has 2 aromatic rings. The van der Waals surface area contributed by atoms with Gasteiger partial charge in [0.15, 0.2) is 0 Å². The third kappa shape index (κ3) is 3.31. The maximum Gasteiger partial charge on any atom is 0.252 e. The highest BCUT2D eigenvalue weighted by molar-refractivity contribution is 9.11. The van der Waals surface area contributed by atoms with Crippen LogP contribution in [0.3, 0.4) is 0 Å². The van der Waals surface area contributed by atoms with Crippen LogP contribution in [0.5, 0.6) is 0 Å². The molecule has 0 bridgehead atoms. The molecule has 0 radical (unpaired) electrons. The average Bonchev–Trinajstić information content (AvgIpc) is 2.74. The lowest BCUT2D eigenvalue weighted by Gasteiger charge is -2.05. The zero-order chi connectivity index (χ0) is 12.3. The SMILES string of the molecule is O=C(NCc1ccccc1Cl)c1csc(Br)c1. The molecule has 17 heavy (non-hydrogen) atoms. The minimum Gasteiger partial charge on any atom is -0.348 e. The zero-order valence-electron chi connectivity index (χ0n) is 8.74. The van der Waals surface area contributed by atoms with Gasteiger partial charge < -0.3 is 5.32 Å². The van der Waals surface area contributed by atoms with Gasteiger partial charge in [0.1, 0.15) is 0 Å². The van der Waals surface area contributed by atoms with Gasteiger partial charge in [0.25, 0.3) is 5.91 Å². The number of rotatable bonds is 3. The maximum atomic E-state index is 11.8. The lowest BCUT2D eigenvalue weighted by atomic mass is 10.2. The Balaban J connectivity index is 1.99. The third-order valence-electron chi connectivity index (χ3n) is 2.23. The lowest BCUT2D eigenvalue weighted by Crippen LogP contribution is -2.22. The van der Waals surface area contributed by atoms with E-state index in [0.717, 1.165) is 9.35 Å². The van der Waals surface area contributed by atoms with E-state index in [4.69, 9.17) is 11.6 Å². The van der Waals surface area contributed by atoms with Gasteiger partial charge in [-0.05, 0) is 33.6 Å². The van der Waals surface area contributed by atoms with E-state index in [0.29, 0.717) is 17.1 Å². The van der Waals surface area contributed by atoms with Gasteiger partial charge in [-0.3, -0.25) is 4.79 Å². The summed E-state index contributed by atoms with van der Waals surface area (Å²) in [6.45, 7) is 0.436. The predicted molar refractivity (Wildman–Crippen MR) is 74.6 cm³/mol. The van der Waals surface area contributed by atoms with Crippen molar-refractivity contribution in [1.29, 1.82) is 0 Å². The van der Waals surface area contributed by atoms with Crippen LogP contribution in [0.4, 0.5) is 0 Å². The van der Waals surface area contributed by atoms with Crippen molar-refractivity contribution in [1.82, 2.24) is 5.32 Å². The van der Waals surface area contributed by atoms with Gasteiger partial charge in [0.2, 0.25) is 0 Å². The summed E-state index contributed by atoms with van der Waals surface area (Å²) in [6.07, 6.45) is 0. The molecule has 0 saturated carbocycles. The van der Waals surface area contributed by atoms with Crippen LogP contribution in [-0.4, -0.2) is 5.91 Å². The first-order valence-electron chi connectivity index (χ1n) is 4.92. The lowest BCUT2D eigenvalue weighted by molar-refractivity contribution is 0.0951. The van der Waals surface area contributed by atoms with Crippen LogP contribution in [0.1, 0.15) is 15.9 Å². The first-order valence-corrected chi connectivity index (χ1v) is 6.97. The van der Waals surface area contributed by atoms with Crippen molar-refractivity contribution in [2.45, 2.75) is 6.54 Å². The molecule has 0 saturated heterocycles. The Labute approximate surface area is 117 Å². The molecule has 1 aromatic carbocycles. The molecule has 0 atom stereocenters. The summed E-state index contributed by atoms with van der Waals surface area (Å²) < 4.78 is 0.945. The minimum absolute atomic E-state index is 0.0909. The van der Waals surface area contributed by atoms with E-state index in [2.05, 4.69) is 21.2 Å². The summed E-state index contributed by atoms with van der Waals surface area (Å²) in [5.41, 5.74) is 1.57. The first kappa shape index (κ1) is 12.6. The van der Waals surface area contributed by atoms with E-state index in [1.165, 1.54) is 11.3 Å². The fourth-order valence-electron chi connectivity index (χ4n) is 1.35. The second kappa shape index (κ2) is 5.67. The number of carbonyl (C=O) groups is 1. The normalized spacial score (nSPS) is 10.2. The average molecular weight is 331 g/mol. The molecule has 1 N–H and O–H groups in total. The molecule has 0 unspecified atom stereocenters. The quantitative estimate of drug-likeness (QED) is 0.902. The Bertz CT molecular complexity index is 541. The van der Waals surface area contributed by atoms with Gasteiger partial charge >= 0.3 is 0 Å². The molecule has 1 aromatic heterocycles. The summed E-state index contributed by atoms with van der Waals surface area (Å²) in [5.74, 6) is -0.0909. The molecular formula is C12H9BrClNOS. The van der Waals surface area contributed by atoms with Gasteiger partial charge in [-0.25, -0.2) is 0 Å². The van der Waals surface area contributed by atoms with Gasteiger partial charge in [0, 0.05) is 16.9 Å². The Kier molecular flexibility index (Phi) is 4.20.